The molecule has 0 radical (unpaired) electrons. The first-order valence-electron chi connectivity index (χ1n) is 27.6. The van der Waals surface area contributed by atoms with Crippen LogP contribution in [0.25, 0.3) is 31.8 Å². The van der Waals surface area contributed by atoms with Gasteiger partial charge in [-0.3, -0.25) is 4.90 Å². The first kappa shape index (κ1) is 57.5. The molecule has 5 aliphatic heterocycles. The Balaban J connectivity index is 0.805. The Labute approximate surface area is 484 Å². The van der Waals surface area contributed by atoms with E-state index < -0.39 is 24.0 Å². The van der Waals surface area contributed by atoms with Gasteiger partial charge in [-0.15, -0.1) is 11.3 Å². The summed E-state index contributed by atoms with van der Waals surface area (Å²) >= 11 is 16.1. The number of thiophene rings is 1. The maximum absolute atomic E-state index is 14.5. The zero-order chi connectivity index (χ0) is 56.1. The number of aliphatic carboxylic acids is 1. The third-order valence-electron chi connectivity index (χ3n) is 15.9. The number of piperazine rings is 1. The van der Waals surface area contributed by atoms with Crippen LogP contribution >= 0.6 is 34.5 Å². The molecule has 6 aromatic rings. The predicted octanol–water partition coefficient (Wildman–Crippen LogP) is 9.18. The van der Waals surface area contributed by atoms with Crippen LogP contribution in [0.2, 0.25) is 10.0 Å². The molecule has 432 valence electrons. The third kappa shape index (κ3) is 13.1. The Morgan fingerprint density at radius 2 is 1.57 bits per heavy atom. The van der Waals surface area contributed by atoms with Crippen LogP contribution in [0.4, 0.5) is 4.39 Å². The highest BCUT2D eigenvalue weighted by atomic mass is 35.5. The van der Waals surface area contributed by atoms with Gasteiger partial charge >= 0.3 is 5.97 Å². The lowest BCUT2D eigenvalue weighted by atomic mass is 9.87. The van der Waals surface area contributed by atoms with Crippen molar-refractivity contribution in [2.24, 2.45) is 0 Å². The minimum atomic E-state index is -1.47. The molecule has 4 bridgehead atoms. The molecule has 0 amide bonds. The minimum absolute atomic E-state index is 0.0278. The number of carboxylic acids is 1. The number of aromatic nitrogens is 4. The molecule has 8 heterocycles. The van der Waals surface area contributed by atoms with E-state index in [1.165, 1.54) is 29.8 Å². The van der Waals surface area contributed by atoms with Crippen molar-refractivity contribution in [3.05, 3.63) is 105 Å². The number of ether oxygens (including phenoxy) is 10. The zero-order valence-corrected chi connectivity index (χ0v) is 48.1. The second kappa shape index (κ2) is 26.1. The summed E-state index contributed by atoms with van der Waals surface area (Å²) in [7, 11) is 3.78. The van der Waals surface area contributed by atoms with E-state index in [4.69, 9.17) is 75.6 Å². The molecular weight excluding hydrogens is 1110 g/mol. The lowest BCUT2D eigenvalue weighted by molar-refractivity contribution is -0.145. The topological polar surface area (TPSA) is 188 Å². The summed E-state index contributed by atoms with van der Waals surface area (Å²) in [5.74, 6) is 0.479. The van der Waals surface area contributed by atoms with Gasteiger partial charge in [0.2, 0.25) is 12.0 Å². The van der Waals surface area contributed by atoms with Crippen molar-refractivity contribution in [1.29, 1.82) is 0 Å². The average molecular weight is 1170 g/mol. The fourth-order valence-corrected chi connectivity index (χ4v) is 13.1. The van der Waals surface area contributed by atoms with E-state index in [-0.39, 0.29) is 62.0 Å². The number of benzene rings is 3. The number of carboxylic acid groups (broad SMARTS) is 1. The van der Waals surface area contributed by atoms with Crippen molar-refractivity contribution in [1.82, 2.24) is 29.7 Å². The molecular formula is C59H67Cl2FN6O12S. The van der Waals surface area contributed by atoms with Gasteiger partial charge in [0, 0.05) is 74.4 Å². The van der Waals surface area contributed by atoms with Crippen molar-refractivity contribution < 1.29 is 61.7 Å². The van der Waals surface area contributed by atoms with E-state index in [1.54, 1.807) is 43.6 Å². The second-order valence-corrected chi connectivity index (χ2v) is 23.0. The molecule has 1 saturated carbocycles. The smallest absolute Gasteiger partial charge is 0.345 e. The molecule has 1 aliphatic carbocycles. The lowest BCUT2D eigenvalue weighted by Gasteiger charge is -2.35. The molecule has 0 unspecified atom stereocenters. The molecule has 0 spiro atoms. The monoisotopic (exact) mass is 1170 g/mol. The summed E-state index contributed by atoms with van der Waals surface area (Å²) in [5, 5.41) is 12.0. The molecule has 12 rings (SSSR count). The Hall–Kier alpha value is -5.36. The summed E-state index contributed by atoms with van der Waals surface area (Å²) in [6, 6.07) is 13.3. The van der Waals surface area contributed by atoms with Crippen LogP contribution in [0.3, 0.4) is 0 Å². The van der Waals surface area contributed by atoms with E-state index in [1.807, 2.05) is 19.9 Å². The predicted molar refractivity (Wildman–Crippen MR) is 302 cm³/mol. The van der Waals surface area contributed by atoms with Crippen LogP contribution in [-0.2, 0) is 46.2 Å². The maximum Gasteiger partial charge on any atom is 0.345 e. The number of hydrogen-bond donors (Lipinski definition) is 1. The molecule has 4 fully saturated rings. The van der Waals surface area contributed by atoms with Crippen LogP contribution in [0.5, 0.6) is 23.1 Å². The average Bonchev–Trinajstić information content (AvgIpc) is 4.39. The van der Waals surface area contributed by atoms with Crippen LogP contribution in [0.15, 0.2) is 61.1 Å². The highest BCUT2D eigenvalue weighted by molar-refractivity contribution is 7.22. The quantitative estimate of drug-likeness (QED) is 0.0851. The molecule has 1 N–H and O–H groups in total. The van der Waals surface area contributed by atoms with E-state index >= 15 is 0 Å². The number of halogens is 3. The van der Waals surface area contributed by atoms with Crippen molar-refractivity contribution in [3.63, 3.8) is 0 Å². The first-order chi connectivity index (χ1) is 39.4. The fraction of sp³-hybridized carbons (Fsp3) is 0.508. The van der Waals surface area contributed by atoms with Gasteiger partial charge in [-0.1, -0.05) is 35.3 Å². The Bertz CT molecular complexity index is 3140. The van der Waals surface area contributed by atoms with Gasteiger partial charge in [0.15, 0.2) is 5.75 Å². The highest BCUT2D eigenvalue weighted by Gasteiger charge is 2.48. The van der Waals surface area contributed by atoms with Gasteiger partial charge in [-0.2, -0.15) is 0 Å². The maximum atomic E-state index is 14.5. The van der Waals surface area contributed by atoms with Crippen LogP contribution in [0, 0.1) is 19.7 Å². The fourth-order valence-electron chi connectivity index (χ4n) is 11.5. The first-order valence-corrected chi connectivity index (χ1v) is 29.2. The number of nitrogens with zero attached hydrogens (tertiary/aromatic N) is 6. The van der Waals surface area contributed by atoms with Gasteiger partial charge in [-0.05, 0) is 105 Å². The molecule has 3 aromatic carbocycles. The summed E-state index contributed by atoms with van der Waals surface area (Å²) < 4.78 is 76.2. The van der Waals surface area contributed by atoms with E-state index in [0.717, 1.165) is 57.7 Å². The normalized spacial score (nSPS) is 24.3. The van der Waals surface area contributed by atoms with E-state index in [9.17, 15) is 14.3 Å². The standard InChI is InChI=1S/C59H67Cl2FN6O12S/c1-33-47-34(2)51(61)54(50(33)60)79-42(27-68-19-17-67(3)18-20-68)29-75-41-13-14-43(37(25-41)26-44(59(69)70)80-57-49-48(47)55(81-58(49)65-32-64-57)35-5-9-38(62)10-6-35)76-28-39-15-16-63-56(66-39)36-7-11-40(12-8-36)73-23-21-72-22-24-74-46-31-78-52-45(71-4)30-77-53(46)52/h5-6,9-10,13-16,25,32,36,40,42,44-46,52-53H,7-8,11-12,17-24,26-31H2,1-4H3,(H,69,70)/t36?,40?,42-,44-,45-,46-,52-,53-/m1/s1. The second-order valence-electron chi connectivity index (χ2n) is 21.3. The summed E-state index contributed by atoms with van der Waals surface area (Å²) in [6.45, 7) is 10.8. The number of rotatable bonds is 17. The van der Waals surface area contributed by atoms with Gasteiger partial charge in [0.05, 0.1) is 66.9 Å². The van der Waals surface area contributed by atoms with Gasteiger partial charge in [0.25, 0.3) is 0 Å². The molecule has 22 heteroatoms. The Morgan fingerprint density at radius 3 is 2.31 bits per heavy atom. The largest absolute Gasteiger partial charge is 0.490 e. The molecule has 3 aromatic heterocycles. The van der Waals surface area contributed by atoms with Gasteiger partial charge in [-0.25, -0.2) is 29.1 Å². The summed E-state index contributed by atoms with van der Waals surface area (Å²) in [4.78, 5) is 38.2. The van der Waals surface area contributed by atoms with Crippen LogP contribution in [0.1, 0.15) is 59.8 Å². The molecule has 81 heavy (non-hydrogen) atoms. The number of hydrogen-bond acceptors (Lipinski definition) is 18. The number of fused-ring (bicyclic) bond motifs is 8. The molecule has 6 aliphatic rings. The molecule has 6 atom stereocenters. The van der Waals surface area contributed by atoms with Crippen molar-refractivity contribution in [3.8, 4) is 44.7 Å². The number of likely N-dealkylation sites (N-methyl/N-ethyl adjacent to an activating group) is 1. The Morgan fingerprint density at radius 1 is 0.840 bits per heavy atom. The van der Waals surface area contributed by atoms with Crippen molar-refractivity contribution >= 4 is 50.7 Å². The van der Waals surface area contributed by atoms with E-state index in [2.05, 4.69) is 31.8 Å². The zero-order valence-electron chi connectivity index (χ0n) is 45.8. The molecule has 18 nitrogen and oxygen atoms in total. The molecule has 3 saturated heterocycles. The van der Waals surface area contributed by atoms with Crippen molar-refractivity contribution in [2.75, 3.05) is 93.1 Å². The van der Waals surface area contributed by atoms with Crippen LogP contribution < -0.4 is 18.9 Å². The number of methoxy groups -OCH3 is 1. The van der Waals surface area contributed by atoms with Crippen LogP contribution in [-0.4, -0.2) is 177 Å². The van der Waals surface area contributed by atoms with Gasteiger partial charge in [0.1, 0.15) is 78.0 Å². The third-order valence-corrected chi connectivity index (χ3v) is 18.0. The SMILES string of the molecule is CO[C@@H]1CO[C@H]2[C@@H]1OC[C@H]2OCCOCCOC1CCC(c2nccc(COc3ccc4cc3C[C@H](C(=O)O)Oc3ncnc5sc(-c6ccc(F)cc6)c(c35)-c3c(C)c(Cl)c(c(Cl)c3C)O[C@H](CN3CCN(C)CC3)CO4)n2)CC1. The summed E-state index contributed by atoms with van der Waals surface area (Å²) in [6.07, 6.45) is 4.16. The lowest BCUT2D eigenvalue weighted by Crippen LogP contribution is -2.49. The Kier molecular flexibility index (Phi) is 18.5. The van der Waals surface area contributed by atoms with Crippen molar-refractivity contribution in [2.45, 2.75) is 101 Å². The van der Waals surface area contributed by atoms with E-state index in [0.29, 0.717) is 128 Å². The number of carbonyl (C=O) groups is 1. The highest BCUT2D eigenvalue weighted by Crippen LogP contribution is 2.53. The van der Waals surface area contributed by atoms with Gasteiger partial charge < -0.3 is 57.4 Å². The minimum Gasteiger partial charge on any atom is -0.490 e. The summed E-state index contributed by atoms with van der Waals surface area (Å²) in [5.41, 5.74) is 4.44.